The summed E-state index contributed by atoms with van der Waals surface area (Å²) in [6.07, 6.45) is -2.26. The summed E-state index contributed by atoms with van der Waals surface area (Å²) in [6.45, 7) is 3.19. The van der Waals surface area contributed by atoms with Crippen molar-refractivity contribution in [1.82, 2.24) is 0 Å². The lowest BCUT2D eigenvalue weighted by Gasteiger charge is -2.27. The Labute approximate surface area is 122 Å². The lowest BCUT2D eigenvalue weighted by molar-refractivity contribution is -0.137. The van der Waals surface area contributed by atoms with Gasteiger partial charge in [0.2, 0.25) is 0 Å². The lowest BCUT2D eigenvalue weighted by Crippen LogP contribution is -2.29. The van der Waals surface area contributed by atoms with Crippen molar-refractivity contribution in [2.45, 2.75) is 44.5 Å². The Morgan fingerprint density at radius 3 is 2.62 bits per heavy atom. The fourth-order valence-corrected chi connectivity index (χ4v) is 2.74. The Kier molecular flexibility index (Phi) is 4.49. The van der Waals surface area contributed by atoms with Crippen LogP contribution in [-0.4, -0.2) is 23.8 Å². The Morgan fingerprint density at radius 2 is 2.00 bits per heavy atom. The average molecular weight is 302 g/mol. The number of hydrogen-bond donors (Lipinski definition) is 2. The minimum Gasteiger partial charge on any atom is -0.390 e. The van der Waals surface area contributed by atoms with Crippen LogP contribution in [0.15, 0.2) is 18.2 Å². The van der Waals surface area contributed by atoms with Gasteiger partial charge in [0, 0.05) is 25.3 Å². The standard InChI is InChI=1S/C15H21F3N2O/c1-14(21)5-2-7-20(8-6-14)13-4-3-12(15(16,17)18)9-11(13)10-19/h3-4,9,21H,2,5-8,10,19H2,1H3. The van der Waals surface area contributed by atoms with Gasteiger partial charge in [-0.2, -0.15) is 13.2 Å². The van der Waals surface area contributed by atoms with E-state index in [-0.39, 0.29) is 6.54 Å². The van der Waals surface area contributed by atoms with Gasteiger partial charge in [-0.05, 0) is 49.9 Å². The predicted molar refractivity (Wildman–Crippen MR) is 76.0 cm³/mol. The van der Waals surface area contributed by atoms with Crippen LogP contribution in [0, 0.1) is 0 Å². The van der Waals surface area contributed by atoms with E-state index in [1.165, 1.54) is 6.07 Å². The SMILES string of the molecule is CC1(O)CCCN(c2ccc(C(F)(F)F)cc2CN)CC1. The minimum atomic E-state index is -4.36. The molecule has 0 aromatic heterocycles. The maximum atomic E-state index is 12.8. The summed E-state index contributed by atoms with van der Waals surface area (Å²) in [7, 11) is 0. The summed E-state index contributed by atoms with van der Waals surface area (Å²) in [6, 6.07) is 3.71. The molecule has 0 amide bonds. The number of rotatable bonds is 2. The van der Waals surface area contributed by atoms with Crippen molar-refractivity contribution in [3.63, 3.8) is 0 Å². The van der Waals surface area contributed by atoms with Gasteiger partial charge in [-0.15, -0.1) is 0 Å². The summed E-state index contributed by atoms with van der Waals surface area (Å²) >= 11 is 0. The van der Waals surface area contributed by atoms with Gasteiger partial charge in [0.25, 0.3) is 0 Å². The zero-order chi connectivity index (χ0) is 15.7. The molecule has 1 heterocycles. The van der Waals surface area contributed by atoms with E-state index in [1.807, 2.05) is 4.90 Å². The Morgan fingerprint density at radius 1 is 1.29 bits per heavy atom. The van der Waals surface area contributed by atoms with E-state index in [0.717, 1.165) is 24.2 Å². The highest BCUT2D eigenvalue weighted by Gasteiger charge is 2.32. The van der Waals surface area contributed by atoms with Crippen LogP contribution in [0.2, 0.25) is 0 Å². The van der Waals surface area contributed by atoms with Crippen LogP contribution >= 0.6 is 0 Å². The predicted octanol–water partition coefficient (Wildman–Crippen LogP) is 2.91. The summed E-state index contributed by atoms with van der Waals surface area (Å²) in [5.41, 5.74) is 5.47. The van der Waals surface area contributed by atoms with Crippen LogP contribution < -0.4 is 10.6 Å². The van der Waals surface area contributed by atoms with Crippen molar-refractivity contribution in [3.8, 4) is 0 Å². The van der Waals surface area contributed by atoms with E-state index in [4.69, 9.17) is 5.73 Å². The fourth-order valence-electron chi connectivity index (χ4n) is 2.74. The third kappa shape index (κ3) is 3.89. The van der Waals surface area contributed by atoms with E-state index in [2.05, 4.69) is 0 Å². The largest absolute Gasteiger partial charge is 0.416 e. The molecular weight excluding hydrogens is 281 g/mol. The number of aliphatic hydroxyl groups is 1. The first-order valence-corrected chi connectivity index (χ1v) is 7.10. The zero-order valence-corrected chi connectivity index (χ0v) is 12.1. The van der Waals surface area contributed by atoms with Crippen molar-refractivity contribution < 1.29 is 18.3 Å². The number of halogens is 3. The summed E-state index contributed by atoms with van der Waals surface area (Å²) < 4.78 is 38.3. The normalized spacial score (nSPS) is 24.0. The van der Waals surface area contributed by atoms with Gasteiger partial charge in [-0.3, -0.25) is 0 Å². The van der Waals surface area contributed by atoms with Crippen LogP contribution in [0.4, 0.5) is 18.9 Å². The quantitative estimate of drug-likeness (QED) is 0.883. The second kappa shape index (κ2) is 5.85. The van der Waals surface area contributed by atoms with Gasteiger partial charge < -0.3 is 15.7 Å². The minimum absolute atomic E-state index is 0.0617. The monoisotopic (exact) mass is 302 g/mol. The zero-order valence-electron chi connectivity index (χ0n) is 12.1. The van der Waals surface area contributed by atoms with Crippen molar-refractivity contribution in [1.29, 1.82) is 0 Å². The number of anilines is 1. The van der Waals surface area contributed by atoms with Gasteiger partial charge in [0.05, 0.1) is 11.2 Å². The van der Waals surface area contributed by atoms with Crippen molar-refractivity contribution in [3.05, 3.63) is 29.3 Å². The molecule has 21 heavy (non-hydrogen) atoms. The van der Waals surface area contributed by atoms with E-state index in [1.54, 1.807) is 6.92 Å². The van der Waals surface area contributed by atoms with Crippen LogP contribution in [0.25, 0.3) is 0 Å². The maximum Gasteiger partial charge on any atom is 0.416 e. The van der Waals surface area contributed by atoms with Gasteiger partial charge in [-0.1, -0.05) is 0 Å². The Bertz CT molecular complexity index is 500. The third-order valence-electron chi connectivity index (χ3n) is 4.03. The molecule has 0 spiro atoms. The molecule has 1 atom stereocenters. The molecule has 118 valence electrons. The van der Waals surface area contributed by atoms with Crippen LogP contribution in [0.3, 0.4) is 0 Å². The molecule has 0 aliphatic carbocycles. The molecule has 3 nitrogen and oxygen atoms in total. The smallest absolute Gasteiger partial charge is 0.390 e. The topological polar surface area (TPSA) is 49.5 Å². The number of hydrogen-bond acceptors (Lipinski definition) is 3. The molecule has 1 saturated heterocycles. The molecule has 6 heteroatoms. The van der Waals surface area contributed by atoms with Crippen LogP contribution in [0.1, 0.15) is 37.3 Å². The highest BCUT2D eigenvalue weighted by atomic mass is 19.4. The van der Waals surface area contributed by atoms with E-state index >= 15 is 0 Å². The molecular formula is C15H21F3N2O. The first-order chi connectivity index (χ1) is 9.73. The molecule has 1 aliphatic rings. The van der Waals surface area contributed by atoms with E-state index in [0.29, 0.717) is 31.5 Å². The van der Waals surface area contributed by atoms with Gasteiger partial charge in [0.15, 0.2) is 0 Å². The highest BCUT2D eigenvalue weighted by Crippen LogP contribution is 2.34. The number of nitrogens with zero attached hydrogens (tertiary/aromatic N) is 1. The van der Waals surface area contributed by atoms with Crippen LogP contribution in [0.5, 0.6) is 0 Å². The van der Waals surface area contributed by atoms with Crippen LogP contribution in [-0.2, 0) is 12.7 Å². The molecule has 1 unspecified atom stereocenters. The van der Waals surface area contributed by atoms with Gasteiger partial charge >= 0.3 is 6.18 Å². The molecule has 0 radical (unpaired) electrons. The molecule has 2 rings (SSSR count). The number of benzene rings is 1. The van der Waals surface area contributed by atoms with Gasteiger partial charge in [0.1, 0.15) is 0 Å². The molecule has 1 aromatic rings. The van der Waals surface area contributed by atoms with Crippen molar-refractivity contribution >= 4 is 5.69 Å². The van der Waals surface area contributed by atoms with Crippen molar-refractivity contribution in [2.24, 2.45) is 5.73 Å². The summed E-state index contributed by atoms with van der Waals surface area (Å²) in [5, 5.41) is 10.1. The molecule has 0 bridgehead atoms. The summed E-state index contributed by atoms with van der Waals surface area (Å²) in [4.78, 5) is 2.02. The van der Waals surface area contributed by atoms with Crippen molar-refractivity contribution in [2.75, 3.05) is 18.0 Å². The molecule has 1 fully saturated rings. The molecule has 1 aliphatic heterocycles. The fraction of sp³-hybridized carbons (Fsp3) is 0.600. The average Bonchev–Trinajstić information content (AvgIpc) is 2.58. The highest BCUT2D eigenvalue weighted by molar-refractivity contribution is 5.55. The van der Waals surface area contributed by atoms with E-state index in [9.17, 15) is 18.3 Å². The second-order valence-electron chi connectivity index (χ2n) is 5.88. The number of alkyl halides is 3. The summed E-state index contributed by atoms with van der Waals surface area (Å²) in [5.74, 6) is 0. The molecule has 1 aromatic carbocycles. The number of nitrogens with two attached hydrogens (primary N) is 1. The Hall–Kier alpha value is -1.27. The van der Waals surface area contributed by atoms with Gasteiger partial charge in [-0.25, -0.2) is 0 Å². The molecule has 3 N–H and O–H groups in total. The first kappa shape index (κ1) is 16.1. The molecule has 0 saturated carbocycles. The maximum absolute atomic E-state index is 12.8. The second-order valence-corrected chi connectivity index (χ2v) is 5.88. The Balaban J connectivity index is 2.27. The first-order valence-electron chi connectivity index (χ1n) is 7.10. The lowest BCUT2D eigenvalue weighted by atomic mass is 9.98. The van der Waals surface area contributed by atoms with E-state index < -0.39 is 17.3 Å². The third-order valence-corrected chi connectivity index (χ3v) is 4.03.